The van der Waals surface area contributed by atoms with Crippen molar-refractivity contribution in [2.24, 2.45) is 0 Å². The molecule has 3 nitrogen and oxygen atoms in total. The number of hydrogen-bond donors (Lipinski definition) is 0. The Morgan fingerprint density at radius 3 is 1.71 bits per heavy atom. The molecule has 0 unspecified atom stereocenters. The standard InChI is InChI=1S/C38H24N2O/c1-2-12-27(13-3-1)40-35-20-9-6-17-31(35)37-32-22-21-26(24-36(32)41-38(37)40)25-11-10-14-28(23-25)39-33-18-7-4-15-29(33)30-16-5-8-19-34(30)39/h1-24H. The summed E-state index contributed by atoms with van der Waals surface area (Å²) in [5, 5.41) is 6.02. The molecule has 0 radical (unpaired) electrons. The smallest absolute Gasteiger partial charge is 0.213 e. The van der Waals surface area contributed by atoms with Gasteiger partial charge in [-0.05, 0) is 65.7 Å². The minimum absolute atomic E-state index is 0.878. The van der Waals surface area contributed by atoms with Gasteiger partial charge in [-0.3, -0.25) is 4.57 Å². The highest BCUT2D eigenvalue weighted by Gasteiger charge is 2.19. The summed E-state index contributed by atoms with van der Waals surface area (Å²) in [7, 11) is 0. The van der Waals surface area contributed by atoms with Crippen molar-refractivity contribution in [3.63, 3.8) is 0 Å². The zero-order chi connectivity index (χ0) is 26.9. The summed E-state index contributed by atoms with van der Waals surface area (Å²) in [5.74, 6) is 0. The SMILES string of the molecule is c1ccc(-n2c3ccccc3c3c4ccc(-c5cccc(-n6c7ccccc7c7ccccc76)c5)cc4oc32)cc1. The normalized spacial score (nSPS) is 11.9. The Morgan fingerprint density at radius 2 is 0.976 bits per heavy atom. The third-order valence-corrected chi connectivity index (χ3v) is 8.32. The number of furan rings is 1. The van der Waals surface area contributed by atoms with Crippen molar-refractivity contribution in [3.05, 3.63) is 146 Å². The summed E-state index contributed by atoms with van der Waals surface area (Å²) in [6, 6.07) is 51.7. The molecule has 0 amide bonds. The van der Waals surface area contributed by atoms with E-state index in [2.05, 4.69) is 149 Å². The van der Waals surface area contributed by atoms with Crippen molar-refractivity contribution in [3.8, 4) is 22.5 Å². The lowest BCUT2D eigenvalue weighted by Crippen LogP contribution is -1.94. The summed E-state index contributed by atoms with van der Waals surface area (Å²) in [6.45, 7) is 0. The molecule has 6 aromatic carbocycles. The van der Waals surface area contributed by atoms with Crippen molar-refractivity contribution in [2.75, 3.05) is 0 Å². The van der Waals surface area contributed by atoms with Crippen LogP contribution in [0.15, 0.2) is 150 Å². The lowest BCUT2D eigenvalue weighted by atomic mass is 10.0. The van der Waals surface area contributed by atoms with E-state index in [0.29, 0.717) is 0 Å². The molecule has 0 aliphatic heterocycles. The maximum atomic E-state index is 6.66. The Labute approximate surface area is 236 Å². The number of nitrogens with zero attached hydrogens (tertiary/aromatic N) is 2. The van der Waals surface area contributed by atoms with Crippen LogP contribution in [-0.4, -0.2) is 9.13 Å². The summed E-state index contributed by atoms with van der Waals surface area (Å²) in [4.78, 5) is 0. The molecule has 0 N–H and O–H groups in total. The van der Waals surface area contributed by atoms with Gasteiger partial charge in [-0.1, -0.05) is 91.0 Å². The predicted octanol–water partition coefficient (Wildman–Crippen LogP) is 10.3. The average molecular weight is 525 g/mol. The maximum absolute atomic E-state index is 6.66. The molecule has 0 bridgehead atoms. The van der Waals surface area contributed by atoms with Crippen molar-refractivity contribution < 1.29 is 4.42 Å². The molecule has 9 rings (SSSR count). The van der Waals surface area contributed by atoms with Gasteiger partial charge < -0.3 is 8.98 Å². The van der Waals surface area contributed by atoms with Gasteiger partial charge in [-0.2, -0.15) is 0 Å². The molecule has 0 saturated heterocycles. The van der Waals surface area contributed by atoms with Gasteiger partial charge in [0.1, 0.15) is 5.58 Å². The second kappa shape index (κ2) is 8.48. The zero-order valence-corrected chi connectivity index (χ0v) is 22.2. The number of para-hydroxylation sites is 4. The Morgan fingerprint density at radius 1 is 0.390 bits per heavy atom. The molecule has 3 aromatic heterocycles. The molecule has 0 aliphatic rings. The van der Waals surface area contributed by atoms with E-state index in [-0.39, 0.29) is 0 Å². The number of fused-ring (bicyclic) bond motifs is 8. The van der Waals surface area contributed by atoms with Gasteiger partial charge in [0, 0.05) is 32.9 Å². The summed E-state index contributed by atoms with van der Waals surface area (Å²) in [5.41, 5.74) is 9.87. The van der Waals surface area contributed by atoms with Crippen LogP contribution in [0.25, 0.3) is 77.3 Å². The van der Waals surface area contributed by atoms with Crippen molar-refractivity contribution >= 4 is 54.8 Å². The van der Waals surface area contributed by atoms with Gasteiger partial charge in [-0.15, -0.1) is 0 Å². The van der Waals surface area contributed by atoms with Crippen LogP contribution in [-0.2, 0) is 0 Å². The first-order valence-electron chi connectivity index (χ1n) is 14.0. The average Bonchev–Trinajstić information content (AvgIpc) is 3.68. The highest BCUT2D eigenvalue weighted by atomic mass is 16.3. The third kappa shape index (κ3) is 3.20. The van der Waals surface area contributed by atoms with Crippen LogP contribution in [0.4, 0.5) is 0 Å². The van der Waals surface area contributed by atoms with Crippen molar-refractivity contribution in [2.45, 2.75) is 0 Å². The second-order valence-corrected chi connectivity index (χ2v) is 10.6. The Kier molecular flexibility index (Phi) is 4.61. The van der Waals surface area contributed by atoms with E-state index < -0.39 is 0 Å². The van der Waals surface area contributed by atoms with Crippen LogP contribution in [0.5, 0.6) is 0 Å². The fourth-order valence-corrected chi connectivity index (χ4v) is 6.53. The van der Waals surface area contributed by atoms with E-state index in [4.69, 9.17) is 4.42 Å². The first kappa shape index (κ1) is 22.3. The van der Waals surface area contributed by atoms with Gasteiger partial charge in [0.25, 0.3) is 0 Å². The summed E-state index contributed by atoms with van der Waals surface area (Å²) >= 11 is 0. The molecule has 0 atom stereocenters. The first-order chi connectivity index (χ1) is 20.3. The number of aromatic nitrogens is 2. The summed E-state index contributed by atoms with van der Waals surface area (Å²) in [6.07, 6.45) is 0. The van der Waals surface area contributed by atoms with Crippen LogP contribution >= 0.6 is 0 Å². The Bertz CT molecular complexity index is 2370. The second-order valence-electron chi connectivity index (χ2n) is 10.6. The number of rotatable bonds is 3. The van der Waals surface area contributed by atoms with E-state index in [1.807, 2.05) is 6.07 Å². The Hall–Kier alpha value is -5.54. The van der Waals surface area contributed by atoms with E-state index in [0.717, 1.165) is 50.1 Å². The van der Waals surface area contributed by atoms with Gasteiger partial charge in [0.15, 0.2) is 0 Å². The molecule has 0 aliphatic carbocycles. The molecule has 3 heterocycles. The quantitative estimate of drug-likeness (QED) is 0.225. The van der Waals surface area contributed by atoms with E-state index in [1.54, 1.807) is 0 Å². The van der Waals surface area contributed by atoms with Crippen LogP contribution in [0, 0.1) is 0 Å². The number of hydrogen-bond acceptors (Lipinski definition) is 1. The zero-order valence-electron chi connectivity index (χ0n) is 22.2. The van der Waals surface area contributed by atoms with E-state index >= 15 is 0 Å². The highest BCUT2D eigenvalue weighted by Crippen LogP contribution is 2.40. The van der Waals surface area contributed by atoms with Gasteiger partial charge in [-0.25, -0.2) is 0 Å². The van der Waals surface area contributed by atoms with Crippen molar-refractivity contribution in [1.82, 2.24) is 9.13 Å². The minimum atomic E-state index is 0.878. The van der Waals surface area contributed by atoms with Crippen LogP contribution in [0.1, 0.15) is 0 Å². The van der Waals surface area contributed by atoms with Gasteiger partial charge >= 0.3 is 0 Å². The van der Waals surface area contributed by atoms with Crippen LogP contribution in [0.3, 0.4) is 0 Å². The molecule has 0 fully saturated rings. The van der Waals surface area contributed by atoms with Crippen LogP contribution < -0.4 is 0 Å². The van der Waals surface area contributed by atoms with Gasteiger partial charge in [0.2, 0.25) is 5.71 Å². The topological polar surface area (TPSA) is 23.0 Å². The molecule has 0 saturated carbocycles. The first-order valence-corrected chi connectivity index (χ1v) is 14.0. The van der Waals surface area contributed by atoms with Crippen molar-refractivity contribution in [1.29, 1.82) is 0 Å². The predicted molar refractivity (Wildman–Crippen MR) is 170 cm³/mol. The van der Waals surface area contributed by atoms with E-state index in [9.17, 15) is 0 Å². The molecule has 9 aromatic rings. The monoisotopic (exact) mass is 524 g/mol. The largest absolute Gasteiger partial charge is 0.439 e. The highest BCUT2D eigenvalue weighted by molar-refractivity contribution is 6.20. The van der Waals surface area contributed by atoms with E-state index in [1.165, 1.54) is 27.2 Å². The van der Waals surface area contributed by atoms with Crippen LogP contribution in [0.2, 0.25) is 0 Å². The summed E-state index contributed by atoms with van der Waals surface area (Å²) < 4.78 is 11.3. The number of benzene rings is 6. The molecular formula is C38H24N2O. The fourth-order valence-electron chi connectivity index (χ4n) is 6.53. The lowest BCUT2D eigenvalue weighted by molar-refractivity contribution is 0.645. The molecule has 192 valence electrons. The third-order valence-electron chi connectivity index (χ3n) is 8.32. The molecule has 0 spiro atoms. The van der Waals surface area contributed by atoms with Gasteiger partial charge in [0.05, 0.1) is 21.9 Å². The Balaban J connectivity index is 1.24. The molecule has 41 heavy (non-hydrogen) atoms. The fraction of sp³-hybridized carbons (Fsp3) is 0. The minimum Gasteiger partial charge on any atom is -0.439 e. The molecular weight excluding hydrogens is 500 g/mol. The lowest BCUT2D eigenvalue weighted by Gasteiger charge is -2.10. The maximum Gasteiger partial charge on any atom is 0.213 e. The molecule has 3 heteroatoms.